The van der Waals surface area contributed by atoms with Gasteiger partial charge in [-0.05, 0) is 50.8 Å². The van der Waals surface area contributed by atoms with E-state index in [9.17, 15) is 14.7 Å². The molecule has 158 valence electrons. The number of Topliss-reactive ketones (excluding diaryl/α,β-unsaturated/α-hetero) is 1. The molecule has 0 bridgehead atoms. The monoisotopic (exact) mass is 406 g/mol. The van der Waals surface area contributed by atoms with E-state index in [1.54, 1.807) is 18.7 Å². The summed E-state index contributed by atoms with van der Waals surface area (Å²) < 4.78 is 0. The fourth-order valence-electron chi connectivity index (χ4n) is 3.73. The molecule has 1 saturated carbocycles. The van der Waals surface area contributed by atoms with Gasteiger partial charge in [-0.2, -0.15) is 0 Å². The molecule has 3 aromatic rings. The molecule has 4 rings (SSSR count). The van der Waals surface area contributed by atoms with Crippen molar-refractivity contribution in [2.24, 2.45) is 5.92 Å². The summed E-state index contributed by atoms with van der Waals surface area (Å²) in [5.41, 5.74) is 3.81. The molecule has 1 aliphatic rings. The average molecular weight is 407 g/mol. The van der Waals surface area contributed by atoms with Crippen LogP contribution in [0.15, 0.2) is 54.7 Å². The number of fused-ring (bicyclic) bond motifs is 1. The molecule has 0 aliphatic heterocycles. The minimum atomic E-state index is -0.610. The highest BCUT2D eigenvalue weighted by atomic mass is 16.3. The summed E-state index contributed by atoms with van der Waals surface area (Å²) in [6.07, 6.45) is 6.53. The molecule has 1 aromatic heterocycles. The zero-order chi connectivity index (χ0) is 21.5. The average Bonchev–Trinajstić information content (AvgIpc) is 3.11. The first kappa shape index (κ1) is 21.8. The smallest absolute Gasteiger partial charge is 0.214 e. The second-order valence-corrected chi connectivity index (χ2v) is 7.88. The van der Waals surface area contributed by atoms with Crippen LogP contribution in [0.5, 0.6) is 0 Å². The SMILES string of the molecule is CC(=O)C1CCC1.CC(O)c1ccccc1N(C=O)CCc1c[nH]c2ccccc12. The normalized spacial score (nSPS) is 14.4. The predicted octanol–water partition coefficient (Wildman–Crippen LogP) is 4.80. The third-order valence-electron chi connectivity index (χ3n) is 5.80. The molecule has 1 fully saturated rings. The van der Waals surface area contributed by atoms with Crippen molar-refractivity contribution < 1.29 is 14.7 Å². The molecule has 30 heavy (non-hydrogen) atoms. The Morgan fingerprint density at radius 2 is 1.90 bits per heavy atom. The molecule has 0 saturated heterocycles. The molecule has 0 spiro atoms. The number of aromatic amines is 1. The Balaban J connectivity index is 0.000000310. The zero-order valence-electron chi connectivity index (χ0n) is 17.7. The number of nitrogens with zero attached hydrogens (tertiary/aromatic N) is 1. The summed E-state index contributed by atoms with van der Waals surface area (Å²) in [5, 5.41) is 11.1. The number of carbonyl (C=O) groups is 2. The molecule has 1 aliphatic carbocycles. The number of ketones is 1. The third-order valence-corrected chi connectivity index (χ3v) is 5.80. The first-order chi connectivity index (χ1) is 14.5. The molecule has 1 heterocycles. The van der Waals surface area contributed by atoms with Gasteiger partial charge in [0.2, 0.25) is 6.41 Å². The summed E-state index contributed by atoms with van der Waals surface area (Å²) in [4.78, 5) is 26.9. The number of rotatable bonds is 7. The Labute approximate surface area is 177 Å². The molecule has 5 heteroatoms. The molecule has 1 unspecified atom stereocenters. The van der Waals surface area contributed by atoms with Crippen LogP contribution in [0.2, 0.25) is 0 Å². The number of amides is 1. The maximum Gasteiger partial charge on any atom is 0.214 e. The fraction of sp³-hybridized carbons (Fsp3) is 0.360. The molecule has 1 atom stereocenters. The van der Waals surface area contributed by atoms with Gasteiger partial charge in [-0.25, -0.2) is 0 Å². The van der Waals surface area contributed by atoms with Crippen LogP contribution < -0.4 is 4.90 Å². The van der Waals surface area contributed by atoms with Gasteiger partial charge in [0.1, 0.15) is 5.78 Å². The van der Waals surface area contributed by atoms with Gasteiger partial charge in [-0.3, -0.25) is 9.59 Å². The Morgan fingerprint density at radius 3 is 2.50 bits per heavy atom. The van der Waals surface area contributed by atoms with E-state index in [-0.39, 0.29) is 0 Å². The predicted molar refractivity (Wildman–Crippen MR) is 121 cm³/mol. The van der Waals surface area contributed by atoms with Crippen LogP contribution in [0.25, 0.3) is 10.9 Å². The number of nitrogens with one attached hydrogen (secondary N) is 1. The lowest BCUT2D eigenvalue weighted by atomic mass is 9.83. The molecular weight excluding hydrogens is 376 g/mol. The summed E-state index contributed by atoms with van der Waals surface area (Å²) >= 11 is 0. The highest BCUT2D eigenvalue weighted by Gasteiger charge is 2.20. The van der Waals surface area contributed by atoms with Crippen LogP contribution >= 0.6 is 0 Å². The van der Waals surface area contributed by atoms with Gasteiger partial charge in [-0.1, -0.05) is 42.8 Å². The van der Waals surface area contributed by atoms with E-state index < -0.39 is 6.10 Å². The van der Waals surface area contributed by atoms with Gasteiger partial charge in [-0.15, -0.1) is 0 Å². The van der Waals surface area contributed by atoms with Crippen molar-refractivity contribution in [2.45, 2.75) is 45.6 Å². The van der Waals surface area contributed by atoms with Gasteiger partial charge in [0, 0.05) is 40.8 Å². The second-order valence-electron chi connectivity index (χ2n) is 7.88. The second kappa shape index (κ2) is 10.2. The summed E-state index contributed by atoms with van der Waals surface area (Å²) in [5.74, 6) is 0.825. The summed E-state index contributed by atoms with van der Waals surface area (Å²) in [6, 6.07) is 15.6. The maximum atomic E-state index is 11.5. The maximum absolute atomic E-state index is 11.5. The van der Waals surface area contributed by atoms with E-state index in [2.05, 4.69) is 11.1 Å². The van der Waals surface area contributed by atoms with Gasteiger partial charge < -0.3 is 15.0 Å². The number of anilines is 1. The van der Waals surface area contributed by atoms with Crippen molar-refractivity contribution in [1.29, 1.82) is 0 Å². The lowest BCUT2D eigenvalue weighted by molar-refractivity contribution is -0.123. The van der Waals surface area contributed by atoms with Gasteiger partial charge in [0.25, 0.3) is 0 Å². The lowest BCUT2D eigenvalue weighted by Gasteiger charge is -2.22. The Morgan fingerprint density at radius 1 is 1.20 bits per heavy atom. The Hall–Kier alpha value is -2.92. The van der Waals surface area contributed by atoms with Crippen LogP contribution in [0.3, 0.4) is 0 Å². The van der Waals surface area contributed by atoms with E-state index in [4.69, 9.17) is 0 Å². The highest BCUT2D eigenvalue weighted by Crippen LogP contribution is 2.27. The molecule has 1 amide bonds. The number of hydrogen-bond donors (Lipinski definition) is 2. The lowest BCUT2D eigenvalue weighted by Crippen LogP contribution is -2.25. The number of aromatic nitrogens is 1. The Bertz CT molecular complexity index is 989. The largest absolute Gasteiger partial charge is 0.389 e. The molecular formula is C25H30N2O3. The van der Waals surface area contributed by atoms with Crippen molar-refractivity contribution in [3.05, 3.63) is 65.9 Å². The van der Waals surface area contributed by atoms with E-state index in [1.807, 2.05) is 48.7 Å². The zero-order valence-corrected chi connectivity index (χ0v) is 17.7. The summed E-state index contributed by atoms with van der Waals surface area (Å²) in [7, 11) is 0. The molecule has 2 aromatic carbocycles. The van der Waals surface area contributed by atoms with E-state index in [1.165, 1.54) is 17.4 Å². The first-order valence-electron chi connectivity index (χ1n) is 10.6. The van der Waals surface area contributed by atoms with Gasteiger partial charge in [0.15, 0.2) is 0 Å². The molecule has 2 N–H and O–H groups in total. The number of benzene rings is 2. The highest BCUT2D eigenvalue weighted by molar-refractivity contribution is 5.83. The Kier molecular flexibility index (Phi) is 7.41. The third kappa shape index (κ3) is 5.16. The van der Waals surface area contributed by atoms with Crippen molar-refractivity contribution in [3.8, 4) is 0 Å². The molecule has 0 radical (unpaired) electrons. The number of carbonyl (C=O) groups excluding carboxylic acids is 2. The van der Waals surface area contributed by atoms with Crippen LogP contribution in [0.1, 0.15) is 50.3 Å². The van der Waals surface area contributed by atoms with Crippen LogP contribution in [-0.2, 0) is 16.0 Å². The number of hydrogen-bond acceptors (Lipinski definition) is 3. The number of para-hydroxylation sites is 2. The van der Waals surface area contributed by atoms with Gasteiger partial charge in [0.05, 0.1) is 6.10 Å². The van der Waals surface area contributed by atoms with Gasteiger partial charge >= 0.3 is 0 Å². The van der Waals surface area contributed by atoms with Crippen molar-refractivity contribution >= 4 is 28.8 Å². The quantitative estimate of drug-likeness (QED) is 0.554. The van der Waals surface area contributed by atoms with E-state index in [0.29, 0.717) is 18.2 Å². The number of aliphatic hydroxyl groups is 1. The van der Waals surface area contributed by atoms with E-state index in [0.717, 1.165) is 42.4 Å². The minimum absolute atomic E-state index is 0.381. The van der Waals surface area contributed by atoms with Crippen molar-refractivity contribution in [2.75, 3.05) is 11.4 Å². The first-order valence-corrected chi connectivity index (χ1v) is 10.6. The van der Waals surface area contributed by atoms with E-state index >= 15 is 0 Å². The van der Waals surface area contributed by atoms with Crippen LogP contribution in [0.4, 0.5) is 5.69 Å². The van der Waals surface area contributed by atoms with Crippen molar-refractivity contribution in [3.63, 3.8) is 0 Å². The summed E-state index contributed by atoms with van der Waals surface area (Å²) in [6.45, 7) is 3.96. The molecule has 5 nitrogen and oxygen atoms in total. The van der Waals surface area contributed by atoms with Crippen molar-refractivity contribution in [1.82, 2.24) is 4.98 Å². The topological polar surface area (TPSA) is 73.4 Å². The minimum Gasteiger partial charge on any atom is -0.389 e. The van der Waals surface area contributed by atoms with Crippen LogP contribution in [0, 0.1) is 5.92 Å². The fourth-order valence-corrected chi connectivity index (χ4v) is 3.73. The standard InChI is InChI=1S/C19H20N2O2.C6H10O/c1-14(23)16-6-3-5-9-19(16)21(13-22)11-10-15-12-20-18-8-4-2-7-17(15)18;1-5(7)6-3-2-4-6/h2-9,12-14,20,23H,10-11H2,1H3;6H,2-4H2,1H3. The van der Waals surface area contributed by atoms with Crippen LogP contribution in [-0.4, -0.2) is 28.8 Å². The number of H-pyrrole nitrogens is 1. The number of aliphatic hydroxyl groups excluding tert-OH is 1.